The molecule has 4 nitrogen and oxygen atoms in total. The molecule has 0 saturated carbocycles. The Morgan fingerprint density at radius 1 is 1.30 bits per heavy atom. The van der Waals surface area contributed by atoms with Crippen molar-refractivity contribution in [2.75, 3.05) is 19.6 Å². The third-order valence-electron chi connectivity index (χ3n) is 4.59. The first-order valence-corrected chi connectivity index (χ1v) is 8.55. The zero-order valence-corrected chi connectivity index (χ0v) is 13.8. The van der Waals surface area contributed by atoms with Crippen LogP contribution in [0.1, 0.15) is 42.3 Å². The van der Waals surface area contributed by atoms with Gasteiger partial charge in [0.2, 0.25) is 0 Å². The Morgan fingerprint density at radius 2 is 2.13 bits per heavy atom. The molecule has 0 bridgehead atoms. The summed E-state index contributed by atoms with van der Waals surface area (Å²) >= 11 is 0. The fourth-order valence-corrected chi connectivity index (χ4v) is 3.46. The molecule has 122 valence electrons. The van der Waals surface area contributed by atoms with E-state index in [1.807, 2.05) is 6.92 Å². The van der Waals surface area contributed by atoms with E-state index in [9.17, 15) is 4.79 Å². The van der Waals surface area contributed by atoms with E-state index in [1.165, 1.54) is 18.4 Å². The lowest BCUT2D eigenvalue weighted by molar-refractivity contribution is 0.204. The topological polar surface area (TPSA) is 49.0 Å². The number of nitrogens with zero attached hydrogens (tertiary/aromatic N) is 2. The SMILES string of the molecule is Cc1nc([C@H]2CCCN(CCCc3ccccc3)C2)cc(=O)[nH]1. The Balaban J connectivity index is 1.54. The minimum Gasteiger partial charge on any atom is -0.311 e. The summed E-state index contributed by atoms with van der Waals surface area (Å²) in [6, 6.07) is 12.3. The lowest BCUT2D eigenvalue weighted by atomic mass is 9.94. The van der Waals surface area contributed by atoms with Crippen molar-refractivity contribution >= 4 is 0 Å². The predicted octanol–water partition coefficient (Wildman–Crippen LogP) is 2.89. The zero-order valence-electron chi connectivity index (χ0n) is 13.8. The molecule has 23 heavy (non-hydrogen) atoms. The zero-order chi connectivity index (χ0) is 16.1. The summed E-state index contributed by atoms with van der Waals surface area (Å²) in [7, 11) is 0. The molecule has 3 rings (SSSR count). The Kier molecular flexibility index (Phi) is 5.23. The highest BCUT2D eigenvalue weighted by atomic mass is 16.1. The van der Waals surface area contributed by atoms with E-state index < -0.39 is 0 Å². The molecule has 1 fully saturated rings. The van der Waals surface area contributed by atoms with Crippen molar-refractivity contribution in [2.24, 2.45) is 0 Å². The lowest BCUT2D eigenvalue weighted by Crippen LogP contribution is -2.36. The summed E-state index contributed by atoms with van der Waals surface area (Å²) in [6.45, 7) is 5.15. The summed E-state index contributed by atoms with van der Waals surface area (Å²) in [4.78, 5) is 21.4. The number of aryl methyl sites for hydroxylation is 2. The van der Waals surface area contributed by atoms with Crippen molar-refractivity contribution in [3.8, 4) is 0 Å². The molecule has 2 heterocycles. The van der Waals surface area contributed by atoms with Crippen molar-refractivity contribution in [3.05, 3.63) is 63.8 Å². The lowest BCUT2D eigenvalue weighted by Gasteiger charge is -2.32. The van der Waals surface area contributed by atoms with Gasteiger partial charge in [0.15, 0.2) is 0 Å². The van der Waals surface area contributed by atoms with Gasteiger partial charge in [0.1, 0.15) is 5.82 Å². The van der Waals surface area contributed by atoms with Gasteiger partial charge in [-0.15, -0.1) is 0 Å². The van der Waals surface area contributed by atoms with Gasteiger partial charge in [0.05, 0.1) is 5.69 Å². The number of aromatic nitrogens is 2. The number of piperidine rings is 1. The molecular weight excluding hydrogens is 286 g/mol. The number of nitrogens with one attached hydrogen (secondary N) is 1. The fourth-order valence-electron chi connectivity index (χ4n) is 3.46. The molecule has 1 saturated heterocycles. The number of benzene rings is 1. The van der Waals surface area contributed by atoms with Crippen LogP contribution in [0, 0.1) is 6.92 Å². The van der Waals surface area contributed by atoms with Crippen LogP contribution in [0.25, 0.3) is 0 Å². The molecule has 1 N–H and O–H groups in total. The molecule has 2 aromatic rings. The molecule has 0 radical (unpaired) electrons. The van der Waals surface area contributed by atoms with Gasteiger partial charge in [0, 0.05) is 18.5 Å². The highest BCUT2D eigenvalue weighted by Gasteiger charge is 2.22. The van der Waals surface area contributed by atoms with E-state index in [1.54, 1.807) is 6.07 Å². The van der Waals surface area contributed by atoms with E-state index in [0.717, 1.165) is 38.2 Å². The molecule has 1 aliphatic rings. The van der Waals surface area contributed by atoms with Crippen molar-refractivity contribution in [3.63, 3.8) is 0 Å². The Morgan fingerprint density at radius 3 is 2.91 bits per heavy atom. The van der Waals surface area contributed by atoms with Gasteiger partial charge < -0.3 is 9.88 Å². The molecule has 0 aliphatic carbocycles. The molecule has 4 heteroatoms. The molecular formula is C19H25N3O. The van der Waals surface area contributed by atoms with Gasteiger partial charge in [-0.25, -0.2) is 4.98 Å². The number of rotatable bonds is 5. The second kappa shape index (κ2) is 7.55. The Labute approximate surface area is 137 Å². The standard InChI is InChI=1S/C19H25N3O/c1-15-20-18(13-19(23)21-15)17-10-6-12-22(14-17)11-5-9-16-7-3-2-4-8-16/h2-4,7-8,13,17H,5-6,9-12,14H2,1H3,(H,20,21,23)/t17-/m0/s1. The number of hydrogen-bond acceptors (Lipinski definition) is 3. The van der Waals surface area contributed by atoms with E-state index in [2.05, 4.69) is 45.2 Å². The van der Waals surface area contributed by atoms with Crippen LogP contribution in [-0.4, -0.2) is 34.5 Å². The van der Waals surface area contributed by atoms with Gasteiger partial charge >= 0.3 is 0 Å². The second-order valence-corrected chi connectivity index (χ2v) is 6.48. The van der Waals surface area contributed by atoms with Crippen LogP contribution in [-0.2, 0) is 6.42 Å². The molecule has 1 atom stereocenters. The highest BCUT2D eigenvalue weighted by Crippen LogP contribution is 2.25. The average Bonchev–Trinajstić information content (AvgIpc) is 2.55. The van der Waals surface area contributed by atoms with E-state index in [0.29, 0.717) is 11.7 Å². The first-order valence-electron chi connectivity index (χ1n) is 8.55. The maximum Gasteiger partial charge on any atom is 0.251 e. The molecule has 1 aliphatic heterocycles. The number of aromatic amines is 1. The monoisotopic (exact) mass is 311 g/mol. The third-order valence-corrected chi connectivity index (χ3v) is 4.59. The van der Waals surface area contributed by atoms with Crippen LogP contribution in [0.15, 0.2) is 41.2 Å². The summed E-state index contributed by atoms with van der Waals surface area (Å²) in [6.07, 6.45) is 4.62. The fraction of sp³-hybridized carbons (Fsp3) is 0.474. The van der Waals surface area contributed by atoms with Crippen molar-refractivity contribution < 1.29 is 0 Å². The van der Waals surface area contributed by atoms with Crippen molar-refractivity contribution in [1.82, 2.24) is 14.9 Å². The highest BCUT2D eigenvalue weighted by molar-refractivity contribution is 5.14. The van der Waals surface area contributed by atoms with Gasteiger partial charge in [0.25, 0.3) is 5.56 Å². The number of hydrogen-bond donors (Lipinski definition) is 1. The Hall–Kier alpha value is -1.94. The first kappa shape index (κ1) is 15.9. The van der Waals surface area contributed by atoms with Crippen LogP contribution in [0.2, 0.25) is 0 Å². The maximum atomic E-state index is 11.7. The van der Waals surface area contributed by atoms with Gasteiger partial charge in [-0.05, 0) is 51.3 Å². The maximum absolute atomic E-state index is 11.7. The summed E-state index contributed by atoms with van der Waals surface area (Å²) in [5, 5.41) is 0. The smallest absolute Gasteiger partial charge is 0.251 e. The van der Waals surface area contributed by atoms with E-state index >= 15 is 0 Å². The summed E-state index contributed by atoms with van der Waals surface area (Å²) in [5.41, 5.74) is 2.33. The van der Waals surface area contributed by atoms with Gasteiger partial charge in [-0.2, -0.15) is 0 Å². The van der Waals surface area contributed by atoms with Crippen LogP contribution in [0.3, 0.4) is 0 Å². The van der Waals surface area contributed by atoms with Gasteiger partial charge in [-0.1, -0.05) is 30.3 Å². The Bertz CT molecular complexity index is 681. The minimum atomic E-state index is -0.0336. The van der Waals surface area contributed by atoms with Crippen LogP contribution >= 0.6 is 0 Å². The molecule has 0 unspecified atom stereocenters. The number of likely N-dealkylation sites (tertiary alicyclic amines) is 1. The third kappa shape index (κ3) is 4.52. The quantitative estimate of drug-likeness (QED) is 0.923. The second-order valence-electron chi connectivity index (χ2n) is 6.48. The van der Waals surface area contributed by atoms with E-state index in [-0.39, 0.29) is 5.56 Å². The normalized spacial score (nSPS) is 18.9. The molecule has 1 aromatic heterocycles. The van der Waals surface area contributed by atoms with Crippen LogP contribution in [0.5, 0.6) is 0 Å². The number of H-pyrrole nitrogens is 1. The van der Waals surface area contributed by atoms with Crippen LogP contribution < -0.4 is 5.56 Å². The van der Waals surface area contributed by atoms with Crippen LogP contribution in [0.4, 0.5) is 0 Å². The molecule has 0 spiro atoms. The average molecular weight is 311 g/mol. The molecule has 1 aromatic carbocycles. The molecule has 0 amide bonds. The largest absolute Gasteiger partial charge is 0.311 e. The summed E-state index contributed by atoms with van der Waals surface area (Å²) in [5.74, 6) is 1.11. The van der Waals surface area contributed by atoms with Gasteiger partial charge in [-0.3, -0.25) is 4.79 Å². The first-order chi connectivity index (χ1) is 11.2. The minimum absolute atomic E-state index is 0.0336. The summed E-state index contributed by atoms with van der Waals surface area (Å²) < 4.78 is 0. The van der Waals surface area contributed by atoms with Crippen molar-refractivity contribution in [1.29, 1.82) is 0 Å². The van der Waals surface area contributed by atoms with Crippen molar-refractivity contribution in [2.45, 2.75) is 38.5 Å². The van der Waals surface area contributed by atoms with E-state index in [4.69, 9.17) is 0 Å². The predicted molar refractivity (Wildman–Crippen MR) is 92.8 cm³/mol.